The van der Waals surface area contributed by atoms with Crippen molar-refractivity contribution in [3.8, 4) is 0 Å². The first-order chi connectivity index (χ1) is 2.83. The van der Waals surface area contributed by atoms with E-state index in [2.05, 4.69) is 0 Å². The standard InChI is InChI=1S/HNO2.Na.HO2P/c2-1-3;;1-3-2/h(H,2,3);;3H/q;+1;. The molecule has 0 saturated heterocycles. The van der Waals surface area contributed by atoms with Crippen LogP contribution in [0.25, 0.3) is 0 Å². The van der Waals surface area contributed by atoms with Gasteiger partial charge in [0.15, 0.2) is 0 Å². The van der Waals surface area contributed by atoms with Crippen molar-refractivity contribution in [3.05, 3.63) is 10.1 Å². The van der Waals surface area contributed by atoms with Gasteiger partial charge in [-0.1, -0.05) is 0 Å². The van der Waals surface area contributed by atoms with E-state index in [0.29, 0.717) is 0 Å². The van der Waals surface area contributed by atoms with Gasteiger partial charge in [-0.05, 0) is 4.57 Å². The van der Waals surface area contributed by atoms with Gasteiger partial charge in [0.25, 0.3) is 0 Å². The van der Waals surface area contributed by atoms with Gasteiger partial charge in [-0.2, -0.15) is 4.89 Å². The Morgan fingerprint density at radius 2 is 1.71 bits per heavy atom. The molecule has 0 heterocycles. The van der Waals surface area contributed by atoms with Crippen molar-refractivity contribution in [2.45, 2.75) is 0 Å². The quantitative estimate of drug-likeness (QED) is 0.167. The van der Waals surface area contributed by atoms with Crippen molar-refractivity contribution in [1.82, 2.24) is 0 Å². The van der Waals surface area contributed by atoms with Gasteiger partial charge in [0.1, 0.15) is 0 Å². The molecule has 0 radical (unpaired) electrons. The van der Waals surface area contributed by atoms with E-state index < -0.39 is 8.69 Å². The van der Waals surface area contributed by atoms with Crippen LogP contribution in [0, 0.1) is 10.1 Å². The maximum absolute atomic E-state index is 8.51. The van der Waals surface area contributed by atoms with E-state index in [4.69, 9.17) is 19.6 Å². The third-order valence-electron chi connectivity index (χ3n) is 0. The van der Waals surface area contributed by atoms with E-state index in [-0.39, 0.29) is 29.6 Å². The normalized spacial score (nSPS) is 4.71. The van der Waals surface area contributed by atoms with Gasteiger partial charge in [-0.15, -0.1) is 5.34 Å². The molecule has 0 aliphatic heterocycles. The Morgan fingerprint density at radius 3 is 1.71 bits per heavy atom. The summed E-state index contributed by atoms with van der Waals surface area (Å²) in [6.07, 6.45) is 0. The van der Waals surface area contributed by atoms with Crippen LogP contribution in [0.5, 0.6) is 0 Å². The number of hydrogen-bond acceptors (Lipinski definition) is 4. The molecule has 0 fully saturated rings. The molecule has 7 heavy (non-hydrogen) atoms. The summed E-state index contributed by atoms with van der Waals surface area (Å²) in [7, 11) is -1.17. The maximum Gasteiger partial charge on any atom is 1.00 e. The van der Waals surface area contributed by atoms with E-state index >= 15 is 0 Å². The van der Waals surface area contributed by atoms with Crippen molar-refractivity contribution < 1.29 is 39.0 Å². The molecule has 36 valence electrons. The molecular formula is H2NNaO4P+. The Labute approximate surface area is 63.2 Å². The van der Waals surface area contributed by atoms with Crippen LogP contribution in [0.2, 0.25) is 0 Å². The summed E-state index contributed by atoms with van der Waals surface area (Å²) in [4.78, 5) is 15.0. The fourth-order valence-electron chi connectivity index (χ4n) is 0. The second kappa shape index (κ2) is 31.8. The van der Waals surface area contributed by atoms with Crippen LogP contribution in [0.15, 0.2) is 5.34 Å². The first-order valence-electron chi connectivity index (χ1n) is 0.793. The average molecular weight is 134 g/mol. The summed E-state index contributed by atoms with van der Waals surface area (Å²) in [5, 5.41) is 9.00. The van der Waals surface area contributed by atoms with E-state index in [1.807, 2.05) is 0 Å². The predicted octanol–water partition coefficient (Wildman–Crippen LogP) is -2.83. The predicted molar refractivity (Wildman–Crippen MR) is 20.4 cm³/mol. The van der Waals surface area contributed by atoms with Gasteiger partial charge >= 0.3 is 38.2 Å². The fourth-order valence-corrected chi connectivity index (χ4v) is 0. The number of hydrogen-bond donors (Lipinski definition) is 1. The van der Waals surface area contributed by atoms with Gasteiger partial charge in [0.05, 0.1) is 0 Å². The molecule has 0 bridgehead atoms. The summed E-state index contributed by atoms with van der Waals surface area (Å²) in [5.74, 6) is 0. The van der Waals surface area contributed by atoms with Crippen LogP contribution < -0.4 is 29.6 Å². The smallest absolute Gasteiger partial charge is 0.444 e. The molecule has 0 saturated carbocycles. The Bertz CT molecular complexity index is 32.7. The molecule has 0 aromatic rings. The zero-order valence-corrected chi connectivity index (χ0v) is 6.62. The Hall–Kier alpha value is 0.460. The van der Waals surface area contributed by atoms with Crippen LogP contribution >= 0.6 is 8.69 Å². The van der Waals surface area contributed by atoms with E-state index in [1.165, 1.54) is 0 Å². The third-order valence-corrected chi connectivity index (χ3v) is 0. The minimum Gasteiger partial charge on any atom is -0.444 e. The molecule has 5 nitrogen and oxygen atoms in total. The fraction of sp³-hybridized carbons (Fsp3) is 0. The minimum atomic E-state index is -1.17. The molecule has 0 aliphatic rings. The SMILES string of the molecule is O=N[O-].O=[PH+]O.[Na+]. The first kappa shape index (κ1) is 15.7. The summed E-state index contributed by atoms with van der Waals surface area (Å²) >= 11 is 0. The first-order valence-corrected chi connectivity index (χ1v) is 1.65. The average Bonchev–Trinajstić information content (AvgIpc) is 1.39. The Kier molecular flexibility index (Phi) is 71.2. The Balaban J connectivity index is -0.0000000400. The summed E-state index contributed by atoms with van der Waals surface area (Å²) in [6, 6.07) is 0. The molecule has 0 aliphatic carbocycles. The van der Waals surface area contributed by atoms with Crippen LogP contribution in [0.1, 0.15) is 0 Å². The molecule has 7 heteroatoms. The van der Waals surface area contributed by atoms with Crippen LogP contribution in [0.4, 0.5) is 0 Å². The molecule has 1 atom stereocenters. The van der Waals surface area contributed by atoms with Crippen LogP contribution in [0.3, 0.4) is 0 Å². The van der Waals surface area contributed by atoms with Gasteiger partial charge in [0.2, 0.25) is 0 Å². The second-order valence-corrected chi connectivity index (χ2v) is 0.348. The molecule has 0 aromatic carbocycles. The van der Waals surface area contributed by atoms with Crippen molar-refractivity contribution in [2.75, 3.05) is 0 Å². The third kappa shape index (κ3) is 607. The molecule has 1 N–H and O–H groups in total. The summed E-state index contributed by atoms with van der Waals surface area (Å²) in [5.41, 5.74) is 0. The zero-order chi connectivity index (χ0) is 5.41. The number of nitrogens with zero attached hydrogens (tertiary/aromatic N) is 1. The van der Waals surface area contributed by atoms with E-state index in [9.17, 15) is 0 Å². The monoisotopic (exact) mass is 134 g/mol. The molecule has 0 rings (SSSR count). The topological polar surface area (TPSA) is 89.8 Å². The molecule has 0 spiro atoms. The molecule has 0 aromatic heterocycles. The van der Waals surface area contributed by atoms with Gasteiger partial charge in [-0.25, -0.2) is 0 Å². The van der Waals surface area contributed by atoms with Gasteiger partial charge in [0, 0.05) is 0 Å². The molecular weight excluding hydrogens is 132 g/mol. The largest absolute Gasteiger partial charge is 1.00 e. The van der Waals surface area contributed by atoms with Crippen molar-refractivity contribution in [3.63, 3.8) is 0 Å². The minimum absolute atomic E-state index is 0. The molecule has 1 unspecified atom stereocenters. The van der Waals surface area contributed by atoms with E-state index in [1.54, 1.807) is 0 Å². The van der Waals surface area contributed by atoms with E-state index in [0.717, 1.165) is 5.34 Å². The molecule has 0 amide bonds. The second-order valence-electron chi connectivity index (χ2n) is 0.166. The van der Waals surface area contributed by atoms with Crippen molar-refractivity contribution >= 4 is 8.69 Å². The van der Waals surface area contributed by atoms with Crippen LogP contribution in [-0.4, -0.2) is 4.89 Å². The number of rotatable bonds is 0. The van der Waals surface area contributed by atoms with Crippen molar-refractivity contribution in [2.24, 2.45) is 5.34 Å². The summed E-state index contributed by atoms with van der Waals surface area (Å²) < 4.78 is 8.51. The Morgan fingerprint density at radius 1 is 1.71 bits per heavy atom. The van der Waals surface area contributed by atoms with Crippen molar-refractivity contribution in [1.29, 1.82) is 0 Å². The van der Waals surface area contributed by atoms with Crippen LogP contribution in [-0.2, 0) is 4.57 Å². The zero-order valence-electron chi connectivity index (χ0n) is 3.62. The van der Waals surface area contributed by atoms with Gasteiger partial charge < -0.3 is 10.1 Å². The van der Waals surface area contributed by atoms with Gasteiger partial charge in [-0.3, -0.25) is 0 Å². The summed E-state index contributed by atoms with van der Waals surface area (Å²) in [6.45, 7) is 0. The maximum atomic E-state index is 8.51.